The van der Waals surface area contributed by atoms with E-state index in [9.17, 15) is 0 Å². The number of rotatable bonds is 1. The van der Waals surface area contributed by atoms with E-state index in [1.807, 2.05) is 6.92 Å². The molecule has 2 rings (SSSR count). The van der Waals surface area contributed by atoms with E-state index in [0.29, 0.717) is 5.92 Å². The van der Waals surface area contributed by atoms with Crippen molar-refractivity contribution in [2.24, 2.45) is 11.8 Å². The summed E-state index contributed by atoms with van der Waals surface area (Å²) in [4.78, 5) is 0. The standard InChI is InChI=1S/C12H20O2/c1-9-3-5-11(6-4-9)12-7-13-10(2)14-8-12/h3,10-12H,4-8H2,1-2H3. The Bertz CT molecular complexity index is 214. The molecular weight excluding hydrogens is 176 g/mol. The molecule has 1 heterocycles. The van der Waals surface area contributed by atoms with Gasteiger partial charge in [0.1, 0.15) is 0 Å². The van der Waals surface area contributed by atoms with Crippen LogP contribution in [0.2, 0.25) is 0 Å². The molecule has 1 atom stereocenters. The largest absolute Gasteiger partial charge is 0.353 e. The minimum atomic E-state index is 0.00659. The Morgan fingerprint density at radius 1 is 1.21 bits per heavy atom. The molecule has 2 heteroatoms. The predicted octanol–water partition coefficient (Wildman–Crippen LogP) is 2.74. The zero-order chi connectivity index (χ0) is 9.97. The molecule has 0 bridgehead atoms. The lowest BCUT2D eigenvalue weighted by Gasteiger charge is -2.34. The molecule has 14 heavy (non-hydrogen) atoms. The van der Waals surface area contributed by atoms with Gasteiger partial charge in [-0.25, -0.2) is 0 Å². The van der Waals surface area contributed by atoms with E-state index < -0.39 is 0 Å². The quantitative estimate of drug-likeness (QED) is 0.600. The molecule has 1 aliphatic heterocycles. The van der Waals surface area contributed by atoms with E-state index in [2.05, 4.69) is 13.0 Å². The summed E-state index contributed by atoms with van der Waals surface area (Å²) in [6.07, 6.45) is 6.18. The predicted molar refractivity (Wildman–Crippen MR) is 56.0 cm³/mol. The fourth-order valence-electron chi connectivity index (χ4n) is 2.30. The van der Waals surface area contributed by atoms with Crippen molar-refractivity contribution < 1.29 is 9.47 Å². The van der Waals surface area contributed by atoms with Crippen molar-refractivity contribution in [2.45, 2.75) is 39.4 Å². The van der Waals surface area contributed by atoms with E-state index in [4.69, 9.17) is 9.47 Å². The van der Waals surface area contributed by atoms with Gasteiger partial charge in [0, 0.05) is 5.92 Å². The second-order valence-corrected chi connectivity index (χ2v) is 4.58. The van der Waals surface area contributed by atoms with Crippen LogP contribution < -0.4 is 0 Å². The van der Waals surface area contributed by atoms with Gasteiger partial charge in [-0.3, -0.25) is 0 Å². The normalized spacial score (nSPS) is 39.3. The average molecular weight is 196 g/mol. The van der Waals surface area contributed by atoms with Crippen LogP contribution in [0.5, 0.6) is 0 Å². The molecule has 1 unspecified atom stereocenters. The lowest BCUT2D eigenvalue weighted by atomic mass is 9.81. The van der Waals surface area contributed by atoms with Crippen LogP contribution in [0.4, 0.5) is 0 Å². The van der Waals surface area contributed by atoms with Gasteiger partial charge < -0.3 is 9.47 Å². The van der Waals surface area contributed by atoms with Gasteiger partial charge in [-0.2, -0.15) is 0 Å². The van der Waals surface area contributed by atoms with E-state index in [0.717, 1.165) is 19.1 Å². The minimum absolute atomic E-state index is 0.00659. The second kappa shape index (κ2) is 4.45. The van der Waals surface area contributed by atoms with Crippen molar-refractivity contribution in [1.29, 1.82) is 0 Å². The summed E-state index contributed by atoms with van der Waals surface area (Å²) in [6.45, 7) is 5.98. The molecule has 0 saturated carbocycles. The Kier molecular flexibility index (Phi) is 3.24. The molecule has 0 aromatic heterocycles. The summed E-state index contributed by atoms with van der Waals surface area (Å²) in [6, 6.07) is 0. The maximum atomic E-state index is 5.53. The topological polar surface area (TPSA) is 18.5 Å². The molecular formula is C12H20O2. The Hall–Kier alpha value is -0.340. The highest BCUT2D eigenvalue weighted by atomic mass is 16.7. The summed E-state index contributed by atoms with van der Waals surface area (Å²) in [5.41, 5.74) is 1.55. The fourth-order valence-corrected chi connectivity index (χ4v) is 2.30. The summed E-state index contributed by atoms with van der Waals surface area (Å²) in [5.74, 6) is 1.40. The van der Waals surface area contributed by atoms with Gasteiger partial charge in [0.25, 0.3) is 0 Å². The van der Waals surface area contributed by atoms with Crippen LogP contribution in [0.1, 0.15) is 33.1 Å². The molecule has 2 nitrogen and oxygen atoms in total. The number of hydrogen-bond acceptors (Lipinski definition) is 2. The fraction of sp³-hybridized carbons (Fsp3) is 0.833. The smallest absolute Gasteiger partial charge is 0.154 e. The third kappa shape index (κ3) is 2.37. The third-order valence-corrected chi connectivity index (χ3v) is 3.44. The number of ether oxygens (including phenoxy) is 2. The maximum Gasteiger partial charge on any atom is 0.154 e. The first-order chi connectivity index (χ1) is 6.75. The Labute approximate surface area is 86.3 Å². The lowest BCUT2D eigenvalue weighted by molar-refractivity contribution is -0.198. The lowest BCUT2D eigenvalue weighted by Crippen LogP contribution is -2.35. The van der Waals surface area contributed by atoms with Crippen LogP contribution in [0.15, 0.2) is 11.6 Å². The summed E-state index contributed by atoms with van der Waals surface area (Å²) < 4.78 is 11.1. The van der Waals surface area contributed by atoms with E-state index in [1.54, 1.807) is 5.57 Å². The van der Waals surface area contributed by atoms with E-state index >= 15 is 0 Å². The van der Waals surface area contributed by atoms with Crippen molar-refractivity contribution in [3.8, 4) is 0 Å². The third-order valence-electron chi connectivity index (χ3n) is 3.44. The minimum Gasteiger partial charge on any atom is -0.353 e. The molecule has 0 spiro atoms. The monoisotopic (exact) mass is 196 g/mol. The van der Waals surface area contributed by atoms with Crippen molar-refractivity contribution >= 4 is 0 Å². The van der Waals surface area contributed by atoms with E-state index in [1.165, 1.54) is 19.3 Å². The van der Waals surface area contributed by atoms with Gasteiger partial charge in [-0.15, -0.1) is 0 Å². The molecule has 80 valence electrons. The molecule has 2 aliphatic rings. The van der Waals surface area contributed by atoms with Crippen LogP contribution in [-0.4, -0.2) is 19.5 Å². The zero-order valence-corrected chi connectivity index (χ0v) is 9.16. The molecule has 0 aromatic carbocycles. The van der Waals surface area contributed by atoms with Gasteiger partial charge in [0.15, 0.2) is 6.29 Å². The highest BCUT2D eigenvalue weighted by Crippen LogP contribution is 2.31. The first kappa shape index (κ1) is 10.2. The average Bonchev–Trinajstić information content (AvgIpc) is 2.21. The van der Waals surface area contributed by atoms with Crippen molar-refractivity contribution in [2.75, 3.05) is 13.2 Å². The Balaban J connectivity index is 1.84. The molecule has 1 saturated heterocycles. The highest BCUT2D eigenvalue weighted by Gasteiger charge is 2.27. The first-order valence-electron chi connectivity index (χ1n) is 5.64. The molecule has 1 fully saturated rings. The summed E-state index contributed by atoms with van der Waals surface area (Å²) >= 11 is 0. The van der Waals surface area contributed by atoms with Crippen molar-refractivity contribution in [1.82, 2.24) is 0 Å². The van der Waals surface area contributed by atoms with E-state index in [-0.39, 0.29) is 6.29 Å². The zero-order valence-electron chi connectivity index (χ0n) is 9.16. The SMILES string of the molecule is CC1=CCC(C2COC(C)OC2)CC1. The molecule has 0 amide bonds. The highest BCUT2D eigenvalue weighted by molar-refractivity contribution is 5.03. The van der Waals surface area contributed by atoms with Gasteiger partial charge in [-0.1, -0.05) is 11.6 Å². The molecule has 0 aromatic rings. The first-order valence-corrected chi connectivity index (χ1v) is 5.64. The summed E-state index contributed by atoms with van der Waals surface area (Å²) in [7, 11) is 0. The maximum absolute atomic E-state index is 5.53. The Morgan fingerprint density at radius 2 is 1.93 bits per heavy atom. The Morgan fingerprint density at radius 3 is 2.50 bits per heavy atom. The van der Waals surface area contributed by atoms with Crippen LogP contribution in [0.3, 0.4) is 0 Å². The van der Waals surface area contributed by atoms with Crippen LogP contribution in [0, 0.1) is 11.8 Å². The summed E-state index contributed by atoms with van der Waals surface area (Å²) in [5, 5.41) is 0. The van der Waals surface area contributed by atoms with Gasteiger partial charge in [0.2, 0.25) is 0 Å². The number of hydrogen-bond donors (Lipinski definition) is 0. The van der Waals surface area contributed by atoms with Crippen LogP contribution in [-0.2, 0) is 9.47 Å². The van der Waals surface area contributed by atoms with Gasteiger partial charge in [0.05, 0.1) is 13.2 Å². The van der Waals surface area contributed by atoms with Crippen molar-refractivity contribution in [3.63, 3.8) is 0 Å². The molecule has 0 N–H and O–H groups in total. The van der Waals surface area contributed by atoms with Crippen LogP contribution >= 0.6 is 0 Å². The van der Waals surface area contributed by atoms with Gasteiger partial charge >= 0.3 is 0 Å². The van der Waals surface area contributed by atoms with Crippen molar-refractivity contribution in [3.05, 3.63) is 11.6 Å². The van der Waals surface area contributed by atoms with Crippen LogP contribution in [0.25, 0.3) is 0 Å². The molecule has 1 aliphatic carbocycles. The molecule has 0 radical (unpaired) electrons. The second-order valence-electron chi connectivity index (χ2n) is 4.58. The number of allylic oxidation sites excluding steroid dienone is 2. The van der Waals surface area contributed by atoms with Gasteiger partial charge in [-0.05, 0) is 39.0 Å².